The van der Waals surface area contributed by atoms with Crippen molar-refractivity contribution in [1.29, 1.82) is 0 Å². The maximum atomic E-state index is 4.83. The lowest BCUT2D eigenvalue weighted by atomic mass is 9.96. The van der Waals surface area contributed by atoms with E-state index in [9.17, 15) is 0 Å². The molecule has 0 bridgehead atoms. The Morgan fingerprint density at radius 3 is 3.00 bits per heavy atom. The van der Waals surface area contributed by atoms with Crippen LogP contribution >= 0.6 is 0 Å². The molecule has 1 aliphatic heterocycles. The van der Waals surface area contributed by atoms with Gasteiger partial charge in [-0.1, -0.05) is 23.8 Å². The summed E-state index contributed by atoms with van der Waals surface area (Å²) in [5.74, 6) is 0.518. The van der Waals surface area contributed by atoms with Gasteiger partial charge in [0, 0.05) is 30.3 Å². The third-order valence-corrected chi connectivity index (χ3v) is 4.42. The first-order valence-corrected chi connectivity index (χ1v) is 7.94. The first-order chi connectivity index (χ1) is 10.8. The molecule has 1 aliphatic rings. The van der Waals surface area contributed by atoms with Crippen LogP contribution in [0.1, 0.15) is 30.0 Å². The molecule has 1 fully saturated rings. The van der Waals surface area contributed by atoms with E-state index in [1.807, 2.05) is 10.7 Å². The number of hydrogen-bond acceptors (Lipinski definition) is 3. The summed E-state index contributed by atoms with van der Waals surface area (Å²) >= 11 is 0. The maximum absolute atomic E-state index is 4.83. The van der Waals surface area contributed by atoms with Crippen LogP contribution in [0.3, 0.4) is 0 Å². The Hall–Kier alpha value is -2.20. The third-order valence-electron chi connectivity index (χ3n) is 4.42. The van der Waals surface area contributed by atoms with Crippen molar-refractivity contribution >= 4 is 5.65 Å². The second-order valence-electron chi connectivity index (χ2n) is 6.08. The van der Waals surface area contributed by atoms with Gasteiger partial charge in [-0.15, -0.1) is 0 Å². The summed E-state index contributed by atoms with van der Waals surface area (Å²) in [6, 6.07) is 12.6. The summed E-state index contributed by atoms with van der Waals surface area (Å²) in [4.78, 5) is 4.49. The highest BCUT2D eigenvalue weighted by Gasteiger charge is 2.19. The summed E-state index contributed by atoms with van der Waals surface area (Å²) in [7, 11) is 0. The Morgan fingerprint density at radius 2 is 2.18 bits per heavy atom. The normalized spacial score (nSPS) is 18.7. The highest BCUT2D eigenvalue weighted by Crippen LogP contribution is 2.26. The van der Waals surface area contributed by atoms with E-state index in [0.717, 1.165) is 30.0 Å². The molecule has 4 rings (SSSR count). The number of nitrogens with zero attached hydrogens (tertiary/aromatic N) is 3. The van der Waals surface area contributed by atoms with Crippen molar-refractivity contribution < 1.29 is 0 Å². The van der Waals surface area contributed by atoms with Crippen molar-refractivity contribution in [1.82, 2.24) is 19.9 Å². The molecule has 4 heteroatoms. The van der Waals surface area contributed by atoms with E-state index in [0.29, 0.717) is 5.92 Å². The number of nitrogens with one attached hydrogen (secondary N) is 1. The standard InChI is InChI=1S/C18H20N4/c1-13-4-2-5-14(10-13)16-11-18-20-9-7-17(22(18)21-16)15-6-3-8-19-12-15/h2,4-5,7,9-11,15,19H,3,6,8,12H2,1H3. The van der Waals surface area contributed by atoms with Gasteiger partial charge >= 0.3 is 0 Å². The average molecular weight is 292 g/mol. The van der Waals surface area contributed by atoms with E-state index < -0.39 is 0 Å². The molecule has 0 aliphatic carbocycles. The number of piperidine rings is 1. The second-order valence-corrected chi connectivity index (χ2v) is 6.08. The first kappa shape index (κ1) is 13.5. The van der Waals surface area contributed by atoms with Crippen LogP contribution in [0.25, 0.3) is 16.9 Å². The van der Waals surface area contributed by atoms with Crippen molar-refractivity contribution in [2.24, 2.45) is 0 Å². The molecule has 1 atom stereocenters. The zero-order valence-corrected chi connectivity index (χ0v) is 12.8. The predicted molar refractivity (Wildman–Crippen MR) is 88.0 cm³/mol. The number of aromatic nitrogens is 3. The van der Waals surface area contributed by atoms with Gasteiger partial charge in [0.25, 0.3) is 0 Å². The van der Waals surface area contributed by atoms with Gasteiger partial charge in [0.15, 0.2) is 5.65 Å². The molecule has 1 unspecified atom stereocenters. The van der Waals surface area contributed by atoms with Crippen LogP contribution in [0.5, 0.6) is 0 Å². The van der Waals surface area contributed by atoms with Crippen LogP contribution in [-0.4, -0.2) is 27.7 Å². The van der Waals surface area contributed by atoms with Gasteiger partial charge in [-0.25, -0.2) is 9.50 Å². The van der Waals surface area contributed by atoms with E-state index in [4.69, 9.17) is 5.10 Å². The fraction of sp³-hybridized carbons (Fsp3) is 0.333. The van der Waals surface area contributed by atoms with E-state index in [2.05, 4.69) is 53.6 Å². The van der Waals surface area contributed by atoms with Crippen LogP contribution in [0, 0.1) is 6.92 Å². The highest BCUT2D eigenvalue weighted by atomic mass is 15.3. The second kappa shape index (κ2) is 5.54. The van der Waals surface area contributed by atoms with Gasteiger partial charge in [0.1, 0.15) is 0 Å². The molecule has 4 nitrogen and oxygen atoms in total. The average Bonchev–Trinajstić information content (AvgIpc) is 3.00. The van der Waals surface area contributed by atoms with Crippen LogP contribution < -0.4 is 5.32 Å². The topological polar surface area (TPSA) is 42.2 Å². The number of benzene rings is 1. The molecule has 1 aromatic carbocycles. The lowest BCUT2D eigenvalue weighted by Gasteiger charge is -2.23. The predicted octanol–water partition coefficient (Wildman–Crippen LogP) is 3.17. The molecular weight excluding hydrogens is 272 g/mol. The van der Waals surface area contributed by atoms with Crippen LogP contribution in [0.2, 0.25) is 0 Å². The van der Waals surface area contributed by atoms with Gasteiger partial charge in [0.05, 0.1) is 11.4 Å². The number of aryl methyl sites for hydroxylation is 1. The largest absolute Gasteiger partial charge is 0.316 e. The Balaban J connectivity index is 1.80. The molecule has 112 valence electrons. The van der Waals surface area contributed by atoms with Crippen molar-refractivity contribution in [3.8, 4) is 11.3 Å². The van der Waals surface area contributed by atoms with Gasteiger partial charge in [-0.2, -0.15) is 5.10 Å². The van der Waals surface area contributed by atoms with E-state index in [-0.39, 0.29) is 0 Å². The summed E-state index contributed by atoms with van der Waals surface area (Å²) in [5, 5.41) is 8.31. The molecule has 2 aromatic heterocycles. The summed E-state index contributed by atoms with van der Waals surface area (Å²) in [6.07, 6.45) is 4.34. The number of rotatable bonds is 2. The Labute approximate surface area is 130 Å². The van der Waals surface area contributed by atoms with Crippen molar-refractivity contribution in [2.45, 2.75) is 25.7 Å². The monoisotopic (exact) mass is 292 g/mol. The summed E-state index contributed by atoms with van der Waals surface area (Å²) in [6.45, 7) is 4.26. The zero-order valence-electron chi connectivity index (χ0n) is 12.8. The van der Waals surface area contributed by atoms with Crippen molar-refractivity contribution in [2.75, 3.05) is 13.1 Å². The van der Waals surface area contributed by atoms with E-state index >= 15 is 0 Å². The minimum Gasteiger partial charge on any atom is -0.316 e. The van der Waals surface area contributed by atoms with Gasteiger partial charge in [-0.05, 0) is 38.4 Å². The Morgan fingerprint density at radius 1 is 1.23 bits per heavy atom. The molecule has 3 aromatic rings. The van der Waals surface area contributed by atoms with Crippen LogP contribution in [-0.2, 0) is 0 Å². The maximum Gasteiger partial charge on any atom is 0.155 e. The highest BCUT2D eigenvalue weighted by molar-refractivity contribution is 5.64. The zero-order chi connectivity index (χ0) is 14.9. The van der Waals surface area contributed by atoms with Crippen LogP contribution in [0.15, 0.2) is 42.6 Å². The quantitative estimate of drug-likeness (QED) is 0.789. The fourth-order valence-corrected chi connectivity index (χ4v) is 3.27. The third kappa shape index (κ3) is 2.40. The fourth-order valence-electron chi connectivity index (χ4n) is 3.27. The van der Waals surface area contributed by atoms with Crippen LogP contribution in [0.4, 0.5) is 0 Å². The lowest BCUT2D eigenvalue weighted by molar-refractivity contribution is 0.448. The molecule has 0 amide bonds. The number of hydrogen-bond donors (Lipinski definition) is 1. The minimum absolute atomic E-state index is 0.518. The smallest absolute Gasteiger partial charge is 0.155 e. The molecule has 0 spiro atoms. The molecule has 1 N–H and O–H groups in total. The Kier molecular flexibility index (Phi) is 3.39. The number of fused-ring (bicyclic) bond motifs is 1. The molecule has 0 saturated carbocycles. The Bertz CT molecular complexity index is 800. The van der Waals surface area contributed by atoms with E-state index in [1.165, 1.54) is 24.1 Å². The van der Waals surface area contributed by atoms with Gasteiger partial charge in [0.2, 0.25) is 0 Å². The van der Waals surface area contributed by atoms with E-state index in [1.54, 1.807) is 0 Å². The molecule has 0 radical (unpaired) electrons. The molecule has 1 saturated heterocycles. The molecule has 22 heavy (non-hydrogen) atoms. The van der Waals surface area contributed by atoms with Crippen molar-refractivity contribution in [3.63, 3.8) is 0 Å². The minimum atomic E-state index is 0.518. The SMILES string of the molecule is Cc1cccc(-c2cc3nccc(C4CCCNC4)n3n2)c1. The summed E-state index contributed by atoms with van der Waals surface area (Å²) < 4.78 is 2.02. The molecule has 3 heterocycles. The summed E-state index contributed by atoms with van der Waals surface area (Å²) in [5.41, 5.74) is 5.58. The molecular formula is C18H20N4. The van der Waals surface area contributed by atoms with Crippen molar-refractivity contribution in [3.05, 3.63) is 53.9 Å². The first-order valence-electron chi connectivity index (χ1n) is 7.94. The van der Waals surface area contributed by atoms with Gasteiger partial charge in [-0.3, -0.25) is 0 Å². The van der Waals surface area contributed by atoms with Gasteiger partial charge < -0.3 is 5.32 Å². The lowest BCUT2D eigenvalue weighted by Crippen LogP contribution is -2.29.